The number of rotatable bonds is 6. The van der Waals surface area contributed by atoms with E-state index in [2.05, 4.69) is 20.4 Å². The summed E-state index contributed by atoms with van der Waals surface area (Å²) in [7, 11) is 1.71. The van der Waals surface area contributed by atoms with E-state index in [1.807, 2.05) is 0 Å². The zero-order valence-corrected chi connectivity index (χ0v) is 23.4. The van der Waals surface area contributed by atoms with Crippen LogP contribution in [0.3, 0.4) is 0 Å². The number of alkyl halides is 3. The van der Waals surface area contributed by atoms with Gasteiger partial charge in [-0.3, -0.25) is 0 Å². The summed E-state index contributed by atoms with van der Waals surface area (Å²) < 4.78 is 81.7. The molecule has 0 aliphatic heterocycles. The third kappa shape index (κ3) is 5.97. The molecule has 0 bridgehead atoms. The van der Waals surface area contributed by atoms with E-state index in [0.29, 0.717) is 12.8 Å². The Morgan fingerprint density at radius 2 is 1.78 bits per heavy atom. The van der Waals surface area contributed by atoms with Crippen molar-refractivity contribution in [2.45, 2.75) is 70.4 Å². The highest BCUT2D eigenvalue weighted by molar-refractivity contribution is 6.33. The van der Waals surface area contributed by atoms with Gasteiger partial charge < -0.3 is 19.7 Å². The fourth-order valence-electron chi connectivity index (χ4n) is 5.45. The molecule has 2 heterocycles. The number of hydrogen-bond donors (Lipinski definition) is 1. The number of fused-ring (bicyclic) bond motifs is 1. The highest BCUT2D eigenvalue weighted by atomic mass is 35.5. The van der Waals surface area contributed by atoms with Gasteiger partial charge in [-0.15, -0.1) is 0 Å². The molecule has 5 rings (SSSR count). The van der Waals surface area contributed by atoms with Crippen molar-refractivity contribution in [3.05, 3.63) is 35.2 Å². The van der Waals surface area contributed by atoms with Gasteiger partial charge in [0.05, 0.1) is 17.2 Å². The summed E-state index contributed by atoms with van der Waals surface area (Å²) in [6.07, 6.45) is -1.43. The minimum atomic E-state index is -4.64. The Kier molecular flexibility index (Phi) is 7.19. The lowest BCUT2D eigenvalue weighted by Crippen LogP contribution is -2.59. The summed E-state index contributed by atoms with van der Waals surface area (Å²) in [4.78, 5) is 21.6. The van der Waals surface area contributed by atoms with Crippen LogP contribution in [0.25, 0.3) is 16.9 Å². The Labute approximate surface area is 237 Å². The largest absolute Gasteiger partial charge is 0.490 e. The van der Waals surface area contributed by atoms with Gasteiger partial charge in [-0.05, 0) is 51.9 Å². The van der Waals surface area contributed by atoms with Crippen LogP contribution < -0.4 is 10.1 Å². The van der Waals surface area contributed by atoms with Crippen molar-refractivity contribution in [1.82, 2.24) is 24.5 Å². The molecular formula is C26H28ClF5N6O3. The number of halogens is 6. The number of aromatic nitrogens is 4. The molecule has 0 radical (unpaired) electrons. The van der Waals surface area contributed by atoms with Crippen molar-refractivity contribution in [2.24, 2.45) is 5.41 Å². The predicted molar refractivity (Wildman–Crippen MR) is 139 cm³/mol. The lowest BCUT2D eigenvalue weighted by Gasteiger charge is -2.58. The molecule has 41 heavy (non-hydrogen) atoms. The molecule has 1 N–H and O–H groups in total. The van der Waals surface area contributed by atoms with E-state index in [-0.39, 0.29) is 35.2 Å². The van der Waals surface area contributed by atoms with Crippen LogP contribution in [0.4, 0.5) is 32.6 Å². The molecular weight excluding hydrogens is 575 g/mol. The van der Waals surface area contributed by atoms with Crippen LogP contribution in [0.15, 0.2) is 18.5 Å². The number of nitrogens with one attached hydrogen (secondary N) is 1. The van der Waals surface area contributed by atoms with E-state index >= 15 is 8.78 Å². The van der Waals surface area contributed by atoms with Crippen molar-refractivity contribution in [3.63, 3.8) is 0 Å². The van der Waals surface area contributed by atoms with Crippen molar-refractivity contribution in [2.75, 3.05) is 18.9 Å². The first-order valence-corrected chi connectivity index (χ1v) is 13.2. The van der Waals surface area contributed by atoms with Gasteiger partial charge in [0.25, 0.3) is 5.78 Å². The molecule has 2 aromatic heterocycles. The second-order valence-corrected chi connectivity index (χ2v) is 12.0. The molecule has 2 aliphatic rings. The summed E-state index contributed by atoms with van der Waals surface area (Å²) in [5.74, 6) is -2.84. The molecule has 2 fully saturated rings. The minimum absolute atomic E-state index is 0.00586. The van der Waals surface area contributed by atoms with E-state index in [0.717, 1.165) is 35.8 Å². The summed E-state index contributed by atoms with van der Waals surface area (Å²) in [6.45, 7) is 3.89. The van der Waals surface area contributed by atoms with E-state index in [9.17, 15) is 18.0 Å². The third-order valence-electron chi connectivity index (χ3n) is 7.30. The normalized spacial score (nSPS) is 22.3. The zero-order chi connectivity index (χ0) is 29.9. The Morgan fingerprint density at radius 3 is 2.37 bits per heavy atom. The maximum atomic E-state index is 15.3. The number of ether oxygens (including phenoxy) is 2. The van der Waals surface area contributed by atoms with Gasteiger partial charge in [-0.2, -0.15) is 32.8 Å². The number of nitrogens with zero attached hydrogens (tertiary/aromatic N) is 5. The van der Waals surface area contributed by atoms with Crippen molar-refractivity contribution >= 4 is 29.3 Å². The third-order valence-corrected chi connectivity index (χ3v) is 7.57. The number of carbonyl (C=O) groups is 1. The highest BCUT2D eigenvalue weighted by Crippen LogP contribution is 2.58. The molecule has 0 unspecified atom stereocenters. The van der Waals surface area contributed by atoms with Gasteiger partial charge >= 0.3 is 12.3 Å². The van der Waals surface area contributed by atoms with Crippen LogP contribution in [0.2, 0.25) is 5.15 Å². The SMILES string of the molecule is CN(C(=O)OC(C)(C)C)C1CC2(CC(Oc3cc(F)c(-c4c(Cl)nc5ncnn5c4NCC(F)(F)F)c(F)c3)C2)C1. The minimum Gasteiger partial charge on any atom is -0.490 e. The second-order valence-electron chi connectivity index (χ2n) is 11.6. The number of anilines is 1. The van der Waals surface area contributed by atoms with Crippen LogP contribution in [0.1, 0.15) is 46.5 Å². The van der Waals surface area contributed by atoms with E-state index in [1.54, 1.807) is 32.7 Å². The predicted octanol–water partition coefficient (Wildman–Crippen LogP) is 6.25. The topological polar surface area (TPSA) is 93.9 Å². The maximum Gasteiger partial charge on any atom is 0.410 e. The van der Waals surface area contributed by atoms with Crippen LogP contribution in [0.5, 0.6) is 5.75 Å². The quantitative estimate of drug-likeness (QED) is 0.263. The number of hydrogen-bond acceptors (Lipinski definition) is 7. The summed E-state index contributed by atoms with van der Waals surface area (Å²) in [5.41, 5.74) is -1.72. The number of carbonyl (C=O) groups excluding carboxylic acids is 1. The van der Waals surface area contributed by atoms with Crippen molar-refractivity contribution in [3.8, 4) is 16.9 Å². The van der Waals surface area contributed by atoms with Crippen LogP contribution >= 0.6 is 11.6 Å². The molecule has 15 heteroatoms. The number of benzene rings is 1. The Balaban J connectivity index is 1.28. The van der Waals surface area contributed by atoms with Crippen LogP contribution in [-0.2, 0) is 4.74 Å². The van der Waals surface area contributed by atoms with E-state index in [4.69, 9.17) is 21.1 Å². The smallest absolute Gasteiger partial charge is 0.410 e. The average molecular weight is 603 g/mol. The monoisotopic (exact) mass is 602 g/mol. The molecule has 222 valence electrons. The first-order chi connectivity index (χ1) is 19.0. The first-order valence-electron chi connectivity index (χ1n) is 12.9. The van der Waals surface area contributed by atoms with Gasteiger partial charge in [0.2, 0.25) is 0 Å². The fraction of sp³-hybridized carbons (Fsp3) is 0.538. The Bertz CT molecular complexity index is 1450. The standard InChI is InChI=1S/C26H28ClF5N6O3/c1-24(2,3)41-23(39)37(4)13-7-25(8-13)9-15(10-25)40-14-5-16(28)18(17(29)6-14)19-20(27)36-22-34-12-35-38(22)21(19)33-11-26(30,31)32/h5-6,12-13,15,33H,7-11H2,1-4H3. The lowest BCUT2D eigenvalue weighted by molar-refractivity contribution is -0.115. The highest BCUT2D eigenvalue weighted by Gasteiger charge is 2.55. The fourth-order valence-corrected chi connectivity index (χ4v) is 5.71. The molecule has 1 amide bonds. The van der Waals surface area contributed by atoms with Gasteiger partial charge in [-0.25, -0.2) is 13.6 Å². The molecule has 9 nitrogen and oxygen atoms in total. The maximum absolute atomic E-state index is 15.3. The van der Waals surface area contributed by atoms with Gasteiger partial charge in [0, 0.05) is 25.2 Å². The first kappa shape index (κ1) is 29.1. The summed E-state index contributed by atoms with van der Waals surface area (Å²) in [6, 6.07) is 1.96. The van der Waals surface area contributed by atoms with Crippen LogP contribution in [0, 0.1) is 17.0 Å². The number of amides is 1. The summed E-state index contributed by atoms with van der Waals surface area (Å²) >= 11 is 6.18. The van der Waals surface area contributed by atoms with Gasteiger partial charge in [0.1, 0.15) is 46.8 Å². The molecule has 3 aromatic rings. The van der Waals surface area contributed by atoms with Gasteiger partial charge in [0.15, 0.2) is 0 Å². The van der Waals surface area contributed by atoms with Crippen molar-refractivity contribution in [1.29, 1.82) is 0 Å². The lowest BCUT2D eigenvalue weighted by atomic mass is 9.52. The average Bonchev–Trinajstić information content (AvgIpc) is 3.24. The molecule has 1 spiro atoms. The second kappa shape index (κ2) is 10.1. The molecule has 0 saturated heterocycles. The van der Waals surface area contributed by atoms with E-state index in [1.165, 1.54) is 0 Å². The van der Waals surface area contributed by atoms with Crippen LogP contribution in [-0.4, -0.2) is 68.1 Å². The van der Waals surface area contributed by atoms with Gasteiger partial charge in [-0.1, -0.05) is 11.6 Å². The molecule has 2 aliphatic carbocycles. The Hall–Kier alpha value is -3.42. The molecule has 0 atom stereocenters. The van der Waals surface area contributed by atoms with E-state index < -0.39 is 52.1 Å². The summed E-state index contributed by atoms with van der Waals surface area (Å²) in [5, 5.41) is 5.45. The molecule has 1 aromatic carbocycles. The van der Waals surface area contributed by atoms with Crippen molar-refractivity contribution < 1.29 is 36.2 Å². The molecule has 2 saturated carbocycles. The zero-order valence-electron chi connectivity index (χ0n) is 22.7. The Morgan fingerprint density at radius 1 is 1.15 bits per heavy atom.